The molecule has 6 nitrogen and oxygen atoms in total. The number of carbonyl (C=O) groups excluding carboxylic acids is 1. The number of thiazole rings is 1. The first-order chi connectivity index (χ1) is 12.9. The van der Waals surface area contributed by atoms with Gasteiger partial charge in [0.15, 0.2) is 5.13 Å². The Bertz CT molecular complexity index is 1120. The number of hydrogen-bond acceptors (Lipinski definition) is 5. The lowest BCUT2D eigenvalue weighted by atomic mass is 10.2. The minimum Gasteiger partial charge on any atom is -0.298 e. The van der Waals surface area contributed by atoms with Gasteiger partial charge in [0.25, 0.3) is 5.91 Å². The molecule has 9 heteroatoms. The van der Waals surface area contributed by atoms with Gasteiger partial charge in [-0.15, -0.1) is 0 Å². The number of halogens is 1. The lowest BCUT2D eigenvalue weighted by molar-refractivity contribution is 0.102. The fourth-order valence-electron chi connectivity index (χ4n) is 3.00. The SMILES string of the molecule is O=C(Nc1nc2ccc(S(=O)(=O)N3CCCC3)cc2s1)c1cccc(Cl)c1. The van der Waals surface area contributed by atoms with Gasteiger partial charge in [-0.2, -0.15) is 4.31 Å². The van der Waals surface area contributed by atoms with Crippen LogP contribution in [0.5, 0.6) is 0 Å². The summed E-state index contributed by atoms with van der Waals surface area (Å²) in [5, 5.41) is 3.62. The molecule has 1 aromatic heterocycles. The standard InChI is InChI=1S/C18H16ClN3O3S2/c19-13-5-3-4-12(10-13)17(23)21-18-20-15-7-6-14(11-16(15)26-18)27(24,25)22-8-1-2-9-22/h3-7,10-11H,1-2,8-9H2,(H,20,21,23). The van der Waals surface area contributed by atoms with Gasteiger partial charge in [0, 0.05) is 23.7 Å². The second-order valence-corrected chi connectivity index (χ2v) is 9.63. The predicted molar refractivity (Wildman–Crippen MR) is 107 cm³/mol. The van der Waals surface area contributed by atoms with Crippen LogP contribution in [0.15, 0.2) is 47.4 Å². The molecule has 1 aliphatic rings. The van der Waals surface area contributed by atoms with Crippen molar-refractivity contribution in [2.75, 3.05) is 18.4 Å². The van der Waals surface area contributed by atoms with Gasteiger partial charge in [-0.1, -0.05) is 29.0 Å². The normalized spacial score (nSPS) is 15.3. The topological polar surface area (TPSA) is 79.4 Å². The Morgan fingerprint density at radius 2 is 1.93 bits per heavy atom. The molecule has 3 aromatic rings. The monoisotopic (exact) mass is 421 g/mol. The molecule has 1 saturated heterocycles. The van der Waals surface area contributed by atoms with E-state index < -0.39 is 10.0 Å². The van der Waals surface area contributed by atoms with Crippen LogP contribution in [0.1, 0.15) is 23.2 Å². The van der Waals surface area contributed by atoms with Crippen molar-refractivity contribution in [2.45, 2.75) is 17.7 Å². The number of anilines is 1. The number of aromatic nitrogens is 1. The number of nitrogens with one attached hydrogen (secondary N) is 1. The van der Waals surface area contributed by atoms with Gasteiger partial charge in [-0.05, 0) is 49.2 Å². The van der Waals surface area contributed by atoms with E-state index >= 15 is 0 Å². The number of hydrogen-bond donors (Lipinski definition) is 1. The minimum atomic E-state index is -3.48. The number of benzene rings is 2. The first-order valence-corrected chi connectivity index (χ1v) is 11.0. The summed E-state index contributed by atoms with van der Waals surface area (Å²) >= 11 is 7.15. The molecular weight excluding hydrogens is 406 g/mol. The van der Waals surface area contributed by atoms with Crippen molar-refractivity contribution in [3.8, 4) is 0 Å². The summed E-state index contributed by atoms with van der Waals surface area (Å²) in [6.07, 6.45) is 1.78. The third-order valence-corrected chi connectivity index (χ3v) is 7.43. The molecule has 0 unspecified atom stereocenters. The van der Waals surface area contributed by atoms with E-state index in [0.717, 1.165) is 12.8 Å². The average Bonchev–Trinajstić information content (AvgIpc) is 3.30. The van der Waals surface area contributed by atoms with Crippen LogP contribution in [0.3, 0.4) is 0 Å². The van der Waals surface area contributed by atoms with Gasteiger partial charge in [-0.25, -0.2) is 13.4 Å². The quantitative estimate of drug-likeness (QED) is 0.690. The second kappa shape index (κ2) is 7.20. The molecule has 140 valence electrons. The van der Waals surface area contributed by atoms with Crippen LogP contribution in [0, 0.1) is 0 Å². The van der Waals surface area contributed by atoms with Gasteiger partial charge >= 0.3 is 0 Å². The molecule has 1 fully saturated rings. The number of fused-ring (bicyclic) bond motifs is 1. The molecule has 2 aromatic carbocycles. The number of sulfonamides is 1. The van der Waals surface area contributed by atoms with E-state index in [0.29, 0.717) is 39.0 Å². The van der Waals surface area contributed by atoms with E-state index in [-0.39, 0.29) is 10.8 Å². The third kappa shape index (κ3) is 3.70. The highest BCUT2D eigenvalue weighted by Gasteiger charge is 2.27. The Hall–Kier alpha value is -2.00. The molecule has 0 radical (unpaired) electrons. The van der Waals surface area contributed by atoms with Crippen LogP contribution >= 0.6 is 22.9 Å². The van der Waals surface area contributed by atoms with Crippen LogP contribution in [0.4, 0.5) is 5.13 Å². The molecule has 2 heterocycles. The largest absolute Gasteiger partial charge is 0.298 e. The summed E-state index contributed by atoms with van der Waals surface area (Å²) in [6, 6.07) is 11.5. The summed E-state index contributed by atoms with van der Waals surface area (Å²) in [6.45, 7) is 1.12. The molecule has 1 amide bonds. The summed E-state index contributed by atoms with van der Waals surface area (Å²) in [7, 11) is -3.48. The number of carbonyl (C=O) groups is 1. The van der Waals surface area contributed by atoms with E-state index in [1.165, 1.54) is 15.6 Å². The molecule has 0 saturated carbocycles. The number of nitrogens with zero attached hydrogens (tertiary/aromatic N) is 2. The Morgan fingerprint density at radius 3 is 2.67 bits per heavy atom. The van der Waals surface area contributed by atoms with Crippen molar-refractivity contribution in [3.05, 3.63) is 53.1 Å². The van der Waals surface area contributed by atoms with Crippen LogP contribution in [-0.2, 0) is 10.0 Å². The Morgan fingerprint density at radius 1 is 1.15 bits per heavy atom. The highest BCUT2D eigenvalue weighted by molar-refractivity contribution is 7.89. The highest BCUT2D eigenvalue weighted by Crippen LogP contribution is 2.30. The van der Waals surface area contributed by atoms with Crippen molar-refractivity contribution in [1.29, 1.82) is 0 Å². The zero-order valence-corrected chi connectivity index (χ0v) is 16.6. The molecule has 1 aliphatic heterocycles. The second-order valence-electron chi connectivity index (χ2n) is 6.22. The summed E-state index contributed by atoms with van der Waals surface area (Å²) in [5.74, 6) is -0.318. The third-order valence-electron chi connectivity index (χ3n) is 4.37. The van der Waals surface area contributed by atoms with E-state index in [1.54, 1.807) is 42.5 Å². The highest BCUT2D eigenvalue weighted by atomic mass is 35.5. The summed E-state index contributed by atoms with van der Waals surface area (Å²) in [4.78, 5) is 17.0. The summed E-state index contributed by atoms with van der Waals surface area (Å²) < 4.78 is 27.6. The zero-order valence-electron chi connectivity index (χ0n) is 14.2. The first kappa shape index (κ1) is 18.4. The Labute approximate surface area is 165 Å². The Kier molecular flexibility index (Phi) is 4.90. The first-order valence-electron chi connectivity index (χ1n) is 8.41. The van der Waals surface area contributed by atoms with E-state index in [4.69, 9.17) is 11.6 Å². The van der Waals surface area contributed by atoms with Gasteiger partial charge in [0.1, 0.15) is 0 Å². The van der Waals surface area contributed by atoms with Crippen molar-refractivity contribution in [3.63, 3.8) is 0 Å². The van der Waals surface area contributed by atoms with Crippen molar-refractivity contribution in [1.82, 2.24) is 9.29 Å². The van der Waals surface area contributed by atoms with Crippen molar-refractivity contribution in [2.24, 2.45) is 0 Å². The summed E-state index contributed by atoms with van der Waals surface area (Å²) in [5.41, 5.74) is 1.07. The molecule has 0 bridgehead atoms. The predicted octanol–water partition coefficient (Wildman–Crippen LogP) is 3.99. The maximum atomic E-state index is 12.7. The smallest absolute Gasteiger partial charge is 0.257 e. The van der Waals surface area contributed by atoms with Crippen LogP contribution in [-0.4, -0.2) is 36.7 Å². The maximum absolute atomic E-state index is 12.7. The fraction of sp³-hybridized carbons (Fsp3) is 0.222. The molecule has 4 rings (SSSR count). The van der Waals surface area contributed by atoms with Gasteiger partial charge < -0.3 is 0 Å². The lowest BCUT2D eigenvalue weighted by Crippen LogP contribution is -2.27. The van der Waals surface area contributed by atoms with Crippen LogP contribution in [0.2, 0.25) is 5.02 Å². The molecule has 0 atom stereocenters. The van der Waals surface area contributed by atoms with Gasteiger partial charge in [-0.3, -0.25) is 10.1 Å². The number of rotatable bonds is 4. The van der Waals surface area contributed by atoms with Crippen LogP contribution in [0.25, 0.3) is 10.2 Å². The molecular formula is C18H16ClN3O3S2. The fourth-order valence-corrected chi connectivity index (χ4v) is 5.70. The van der Waals surface area contributed by atoms with Crippen molar-refractivity contribution >= 4 is 54.2 Å². The zero-order chi connectivity index (χ0) is 19.0. The molecule has 0 aliphatic carbocycles. The maximum Gasteiger partial charge on any atom is 0.257 e. The van der Waals surface area contributed by atoms with Gasteiger partial charge in [0.2, 0.25) is 10.0 Å². The van der Waals surface area contributed by atoms with E-state index in [2.05, 4.69) is 10.3 Å². The number of amides is 1. The molecule has 27 heavy (non-hydrogen) atoms. The lowest BCUT2D eigenvalue weighted by Gasteiger charge is -2.15. The van der Waals surface area contributed by atoms with E-state index in [1.807, 2.05) is 0 Å². The average molecular weight is 422 g/mol. The molecule has 1 N–H and O–H groups in total. The van der Waals surface area contributed by atoms with E-state index in [9.17, 15) is 13.2 Å². The van der Waals surface area contributed by atoms with Crippen molar-refractivity contribution < 1.29 is 13.2 Å². The van der Waals surface area contributed by atoms with Gasteiger partial charge in [0.05, 0.1) is 15.1 Å². The minimum absolute atomic E-state index is 0.258. The Balaban J connectivity index is 1.60. The van der Waals surface area contributed by atoms with Crippen LogP contribution < -0.4 is 5.32 Å². The molecule has 0 spiro atoms.